The van der Waals surface area contributed by atoms with Gasteiger partial charge in [0.05, 0.1) is 34.9 Å². The number of rotatable bonds is 8. The zero-order valence-electron chi connectivity index (χ0n) is 13.8. The lowest BCUT2D eigenvalue weighted by atomic mass is 10.0. The van der Waals surface area contributed by atoms with Crippen molar-refractivity contribution in [3.63, 3.8) is 0 Å². The monoisotopic (exact) mass is 431 g/mol. The van der Waals surface area contributed by atoms with E-state index in [4.69, 9.17) is 14.9 Å². The number of halogens is 2. The van der Waals surface area contributed by atoms with Gasteiger partial charge in [-0.3, -0.25) is 0 Å². The van der Waals surface area contributed by atoms with Gasteiger partial charge in [0.2, 0.25) is 0 Å². The molecule has 8 heteroatoms. The van der Waals surface area contributed by atoms with Crippen molar-refractivity contribution in [1.29, 1.82) is 5.41 Å². The van der Waals surface area contributed by atoms with Crippen molar-refractivity contribution in [2.24, 2.45) is 5.92 Å². The Kier molecular flexibility index (Phi) is 6.89. The highest BCUT2D eigenvalue weighted by Crippen LogP contribution is 2.44. The Balaban J connectivity index is 2.60. The zero-order chi connectivity index (χ0) is 18.6. The van der Waals surface area contributed by atoms with Crippen molar-refractivity contribution in [2.75, 3.05) is 13.7 Å². The molecule has 0 saturated heterocycles. The van der Waals surface area contributed by atoms with Gasteiger partial charge < -0.3 is 20.0 Å². The molecule has 5 nitrogen and oxygen atoms in total. The number of benzene rings is 1. The number of carbonyl (C=O) groups excluding carboxylic acids is 1. The van der Waals surface area contributed by atoms with Gasteiger partial charge in [0.1, 0.15) is 5.76 Å². The second-order valence-corrected chi connectivity index (χ2v) is 7.31. The number of thioether (sulfide) groups is 1. The van der Waals surface area contributed by atoms with E-state index in [2.05, 4.69) is 15.9 Å². The molecule has 0 spiro atoms. The maximum Gasteiger partial charge on any atom is 0.338 e. The molecular weight excluding hydrogens is 413 g/mol. The number of esters is 1. The van der Waals surface area contributed by atoms with Crippen LogP contribution in [0.15, 0.2) is 22.2 Å². The summed E-state index contributed by atoms with van der Waals surface area (Å²) in [4.78, 5) is 12.4. The first-order valence-corrected chi connectivity index (χ1v) is 9.46. The highest BCUT2D eigenvalue weighted by atomic mass is 79.9. The van der Waals surface area contributed by atoms with Gasteiger partial charge in [-0.2, -0.15) is 0 Å². The van der Waals surface area contributed by atoms with Crippen LogP contribution >= 0.6 is 27.7 Å². The molecule has 136 valence electrons. The lowest BCUT2D eigenvalue weighted by molar-refractivity contribution is -0.138. The summed E-state index contributed by atoms with van der Waals surface area (Å²) in [7, 11) is 1.32. The lowest BCUT2D eigenvalue weighted by Gasteiger charge is -2.19. The van der Waals surface area contributed by atoms with Crippen LogP contribution in [0.3, 0.4) is 0 Å². The first-order chi connectivity index (χ1) is 12.0. The fourth-order valence-corrected chi connectivity index (χ4v) is 3.94. The van der Waals surface area contributed by atoms with Crippen LogP contribution in [-0.2, 0) is 9.53 Å². The summed E-state index contributed by atoms with van der Waals surface area (Å²) in [6, 6.07) is 2.90. The van der Waals surface area contributed by atoms with E-state index < -0.39 is 22.8 Å². The van der Waals surface area contributed by atoms with Crippen LogP contribution in [0.25, 0.3) is 5.76 Å². The molecule has 2 N–H and O–H groups in total. The van der Waals surface area contributed by atoms with Gasteiger partial charge >= 0.3 is 5.97 Å². The number of methoxy groups -OCH3 is 1. The molecule has 1 fully saturated rings. The average Bonchev–Trinajstić information content (AvgIpc) is 3.40. The third-order valence-corrected chi connectivity index (χ3v) is 5.48. The number of aliphatic hydroxyl groups excluding tert-OH is 1. The SMILES string of the molecule is CCOC(=O)C(=C(O)c1ccc(Br)c(OC)c1F)C(SC=N)C1CC1. The first kappa shape index (κ1) is 19.8. The molecule has 0 bridgehead atoms. The quantitative estimate of drug-likeness (QED) is 0.207. The van der Waals surface area contributed by atoms with Gasteiger partial charge in [-0.05, 0) is 53.7 Å². The van der Waals surface area contributed by atoms with Gasteiger partial charge in [0.25, 0.3) is 0 Å². The van der Waals surface area contributed by atoms with E-state index in [-0.39, 0.29) is 29.4 Å². The molecule has 0 heterocycles. The van der Waals surface area contributed by atoms with Gasteiger partial charge in [0, 0.05) is 5.25 Å². The minimum atomic E-state index is -0.773. The summed E-state index contributed by atoms with van der Waals surface area (Å²) in [6.07, 6.45) is 1.77. The molecule has 1 unspecified atom stereocenters. The Morgan fingerprint density at radius 3 is 2.76 bits per heavy atom. The smallest absolute Gasteiger partial charge is 0.338 e. The van der Waals surface area contributed by atoms with E-state index in [9.17, 15) is 14.3 Å². The van der Waals surface area contributed by atoms with Crippen LogP contribution in [-0.4, -0.2) is 35.6 Å². The summed E-state index contributed by atoms with van der Waals surface area (Å²) in [6.45, 7) is 1.79. The van der Waals surface area contributed by atoms with Gasteiger partial charge in [0.15, 0.2) is 11.6 Å². The average molecular weight is 432 g/mol. The molecule has 2 rings (SSSR count). The van der Waals surface area contributed by atoms with Crippen LogP contribution in [0.5, 0.6) is 5.75 Å². The van der Waals surface area contributed by atoms with Crippen LogP contribution in [0.1, 0.15) is 25.3 Å². The molecule has 0 amide bonds. The minimum absolute atomic E-state index is 0.0128. The Bertz CT molecular complexity index is 706. The van der Waals surface area contributed by atoms with Gasteiger partial charge in [-0.1, -0.05) is 0 Å². The second-order valence-electron chi connectivity index (χ2n) is 5.44. The second kappa shape index (κ2) is 8.71. The number of hydrogen-bond acceptors (Lipinski definition) is 6. The largest absolute Gasteiger partial charge is 0.507 e. The number of aliphatic hydroxyl groups is 1. The zero-order valence-corrected chi connectivity index (χ0v) is 16.2. The van der Waals surface area contributed by atoms with E-state index in [1.165, 1.54) is 19.2 Å². The maximum absolute atomic E-state index is 14.7. The highest BCUT2D eigenvalue weighted by molar-refractivity contribution is 9.10. The molecule has 1 saturated carbocycles. The maximum atomic E-state index is 14.7. The van der Waals surface area contributed by atoms with Crippen LogP contribution in [0.4, 0.5) is 4.39 Å². The van der Waals surface area contributed by atoms with Crippen molar-refractivity contribution in [2.45, 2.75) is 25.0 Å². The Hall–Kier alpha value is -1.54. The summed E-state index contributed by atoms with van der Waals surface area (Å²) < 4.78 is 25.2. The Morgan fingerprint density at radius 2 is 2.24 bits per heavy atom. The third-order valence-electron chi connectivity index (χ3n) is 3.81. The van der Waals surface area contributed by atoms with Crippen molar-refractivity contribution in [1.82, 2.24) is 0 Å². The molecule has 25 heavy (non-hydrogen) atoms. The summed E-state index contributed by atoms with van der Waals surface area (Å²) >= 11 is 4.29. The molecule has 1 atom stereocenters. The summed E-state index contributed by atoms with van der Waals surface area (Å²) in [5.74, 6) is -1.87. The number of ether oxygens (including phenoxy) is 2. The van der Waals surface area contributed by atoms with E-state index in [0.717, 1.165) is 30.2 Å². The minimum Gasteiger partial charge on any atom is -0.507 e. The van der Waals surface area contributed by atoms with E-state index >= 15 is 0 Å². The van der Waals surface area contributed by atoms with E-state index in [0.29, 0.717) is 4.47 Å². The highest BCUT2D eigenvalue weighted by Gasteiger charge is 2.39. The lowest BCUT2D eigenvalue weighted by Crippen LogP contribution is -2.22. The number of nitrogens with one attached hydrogen (secondary N) is 1. The summed E-state index contributed by atoms with van der Waals surface area (Å²) in [5.41, 5.74) is 0.967. The molecule has 1 aromatic rings. The van der Waals surface area contributed by atoms with E-state index in [1.54, 1.807) is 6.92 Å². The molecule has 0 aliphatic heterocycles. The van der Waals surface area contributed by atoms with Gasteiger partial charge in [-0.25, -0.2) is 9.18 Å². The Labute approximate surface area is 158 Å². The molecular formula is C17H19BrFNO4S. The number of carbonyl (C=O) groups is 1. The van der Waals surface area contributed by atoms with E-state index in [1.807, 2.05) is 0 Å². The fourth-order valence-electron chi connectivity index (χ4n) is 2.49. The molecule has 0 radical (unpaired) electrons. The van der Waals surface area contributed by atoms with Crippen molar-refractivity contribution < 1.29 is 23.8 Å². The third kappa shape index (κ3) is 4.36. The Morgan fingerprint density at radius 1 is 1.56 bits per heavy atom. The predicted octanol–water partition coefficient (Wildman–Crippen LogP) is 4.55. The predicted molar refractivity (Wildman–Crippen MR) is 99.7 cm³/mol. The van der Waals surface area contributed by atoms with Crippen LogP contribution < -0.4 is 4.74 Å². The first-order valence-electron chi connectivity index (χ1n) is 7.73. The molecule has 1 aliphatic carbocycles. The van der Waals surface area contributed by atoms with Crippen LogP contribution in [0, 0.1) is 17.1 Å². The van der Waals surface area contributed by atoms with Crippen molar-refractivity contribution >= 4 is 45.0 Å². The van der Waals surface area contributed by atoms with Crippen LogP contribution in [0.2, 0.25) is 0 Å². The molecule has 1 aromatic carbocycles. The summed E-state index contributed by atoms with van der Waals surface area (Å²) in [5, 5.41) is 17.6. The number of hydrogen-bond donors (Lipinski definition) is 2. The standard InChI is InChI=1S/C17H19BrFNO4S/c1-3-24-17(22)12(16(25-8-20)9-4-5-9)14(21)10-6-7-11(18)15(23-2)13(10)19/h6-9,16,20-21H,3-5H2,1-2H3. The van der Waals surface area contributed by atoms with Crippen molar-refractivity contribution in [3.05, 3.63) is 33.6 Å². The normalized spacial score (nSPS) is 16.0. The topological polar surface area (TPSA) is 79.6 Å². The fraction of sp³-hybridized carbons (Fsp3) is 0.412. The van der Waals surface area contributed by atoms with Gasteiger partial charge in [-0.15, -0.1) is 11.8 Å². The molecule has 0 aromatic heterocycles. The van der Waals surface area contributed by atoms with Crippen molar-refractivity contribution in [3.8, 4) is 5.75 Å². The molecule has 1 aliphatic rings.